The molecular formula is C7H13N2O2. The van der Waals surface area contributed by atoms with Crippen molar-refractivity contribution in [1.29, 1.82) is 0 Å². The summed E-state index contributed by atoms with van der Waals surface area (Å²) >= 11 is 0. The molecule has 1 rings (SSSR count). The van der Waals surface area contributed by atoms with Gasteiger partial charge in [-0.15, -0.1) is 0 Å². The third kappa shape index (κ3) is 2.17. The Balaban J connectivity index is 2.39. The van der Waals surface area contributed by atoms with Gasteiger partial charge in [0.05, 0.1) is 0 Å². The van der Waals surface area contributed by atoms with Crippen LogP contribution in [0.15, 0.2) is 0 Å². The number of carbonyl (C=O) groups excluding carboxylic acids is 1. The monoisotopic (exact) mass is 157 g/mol. The van der Waals surface area contributed by atoms with Crippen molar-refractivity contribution in [2.24, 2.45) is 0 Å². The lowest BCUT2D eigenvalue weighted by atomic mass is 10.3. The molecule has 1 N–H and O–H groups in total. The molecule has 1 aliphatic heterocycles. The number of hydrogen-bond acceptors (Lipinski definition) is 2. The van der Waals surface area contributed by atoms with Gasteiger partial charge in [0.15, 0.2) is 6.10 Å². The highest BCUT2D eigenvalue weighted by atomic mass is 16.3. The van der Waals surface area contributed by atoms with Crippen LogP contribution in [0.2, 0.25) is 0 Å². The minimum Gasteiger partial charge on any atom is -0.338 e. The standard InChI is InChI=1S/C7H13N2O2/c1-6(10)7(11)9-4-2-8-3-5-9/h6,8H,2-5H2,1H3. The molecular weight excluding hydrogens is 144 g/mol. The molecule has 1 fully saturated rings. The lowest BCUT2D eigenvalue weighted by molar-refractivity contribution is -0.143. The second-order valence-electron chi connectivity index (χ2n) is 2.72. The highest BCUT2D eigenvalue weighted by molar-refractivity contribution is 5.80. The second kappa shape index (κ2) is 3.69. The van der Waals surface area contributed by atoms with Crippen molar-refractivity contribution >= 4 is 5.91 Å². The lowest BCUT2D eigenvalue weighted by Crippen LogP contribution is -2.49. The molecule has 63 valence electrons. The highest BCUT2D eigenvalue weighted by Gasteiger charge is 2.20. The van der Waals surface area contributed by atoms with Gasteiger partial charge in [0.1, 0.15) is 0 Å². The van der Waals surface area contributed by atoms with E-state index in [1.54, 1.807) is 4.90 Å². The third-order valence-electron chi connectivity index (χ3n) is 1.78. The van der Waals surface area contributed by atoms with Crippen molar-refractivity contribution in [3.05, 3.63) is 0 Å². The van der Waals surface area contributed by atoms with Gasteiger partial charge in [0, 0.05) is 26.2 Å². The summed E-state index contributed by atoms with van der Waals surface area (Å²) in [5.74, 6) is -0.272. The van der Waals surface area contributed by atoms with Crippen LogP contribution in [0.1, 0.15) is 6.92 Å². The largest absolute Gasteiger partial charge is 0.338 e. The summed E-state index contributed by atoms with van der Waals surface area (Å²) in [4.78, 5) is 12.7. The summed E-state index contributed by atoms with van der Waals surface area (Å²) in [5, 5.41) is 13.8. The molecule has 0 aromatic rings. The zero-order chi connectivity index (χ0) is 8.27. The Morgan fingerprint density at radius 3 is 2.45 bits per heavy atom. The zero-order valence-electron chi connectivity index (χ0n) is 6.67. The molecule has 0 aromatic heterocycles. The van der Waals surface area contributed by atoms with E-state index in [1.807, 2.05) is 0 Å². The number of nitrogens with zero attached hydrogens (tertiary/aromatic N) is 1. The van der Waals surface area contributed by atoms with Crippen LogP contribution in [0.3, 0.4) is 0 Å². The van der Waals surface area contributed by atoms with Gasteiger partial charge in [-0.25, -0.2) is 5.11 Å². The first-order valence-corrected chi connectivity index (χ1v) is 3.87. The molecule has 0 bridgehead atoms. The first-order valence-electron chi connectivity index (χ1n) is 3.87. The molecule has 1 aliphatic rings. The highest BCUT2D eigenvalue weighted by Crippen LogP contribution is 1.96. The van der Waals surface area contributed by atoms with E-state index in [2.05, 4.69) is 5.32 Å². The molecule has 1 unspecified atom stereocenters. The molecule has 11 heavy (non-hydrogen) atoms. The molecule has 4 heteroatoms. The number of amides is 1. The van der Waals surface area contributed by atoms with Crippen molar-refractivity contribution in [3.63, 3.8) is 0 Å². The van der Waals surface area contributed by atoms with Crippen molar-refractivity contribution in [2.45, 2.75) is 13.0 Å². The van der Waals surface area contributed by atoms with Gasteiger partial charge in [-0.1, -0.05) is 0 Å². The predicted octanol–water partition coefficient (Wildman–Crippen LogP) is -0.763. The minimum absolute atomic E-state index is 0.272. The third-order valence-corrected chi connectivity index (χ3v) is 1.78. The van der Waals surface area contributed by atoms with Gasteiger partial charge >= 0.3 is 0 Å². The number of nitrogens with one attached hydrogen (secondary N) is 1. The molecule has 1 saturated heterocycles. The maximum atomic E-state index is 11.1. The van der Waals surface area contributed by atoms with E-state index >= 15 is 0 Å². The normalized spacial score (nSPS) is 21.5. The summed E-state index contributed by atoms with van der Waals surface area (Å²) in [7, 11) is 0. The Bertz CT molecular complexity index is 141. The molecule has 1 radical (unpaired) electrons. The van der Waals surface area contributed by atoms with Crippen LogP contribution in [-0.2, 0) is 9.90 Å². The van der Waals surface area contributed by atoms with E-state index in [0.29, 0.717) is 13.1 Å². The fourth-order valence-electron chi connectivity index (χ4n) is 1.14. The van der Waals surface area contributed by atoms with Crippen LogP contribution in [0.5, 0.6) is 0 Å². The Morgan fingerprint density at radius 2 is 2.00 bits per heavy atom. The van der Waals surface area contributed by atoms with Crippen molar-refractivity contribution in [1.82, 2.24) is 10.2 Å². The van der Waals surface area contributed by atoms with E-state index in [1.165, 1.54) is 6.92 Å². The van der Waals surface area contributed by atoms with E-state index in [9.17, 15) is 9.90 Å². The molecule has 0 aromatic carbocycles. The van der Waals surface area contributed by atoms with Gasteiger partial charge in [0.25, 0.3) is 5.91 Å². The molecule has 0 spiro atoms. The molecule has 1 amide bonds. The minimum atomic E-state index is -1.10. The van der Waals surface area contributed by atoms with E-state index in [-0.39, 0.29) is 5.91 Å². The van der Waals surface area contributed by atoms with Crippen molar-refractivity contribution in [2.75, 3.05) is 26.2 Å². The summed E-state index contributed by atoms with van der Waals surface area (Å²) in [5.41, 5.74) is 0. The summed E-state index contributed by atoms with van der Waals surface area (Å²) < 4.78 is 0. The molecule has 0 saturated carbocycles. The molecule has 0 aliphatic carbocycles. The van der Waals surface area contributed by atoms with Gasteiger partial charge in [-0.3, -0.25) is 4.79 Å². The SMILES string of the molecule is CC([O])C(=O)N1CCNCC1. The Morgan fingerprint density at radius 1 is 1.45 bits per heavy atom. The maximum absolute atomic E-state index is 11.1. The molecule has 1 heterocycles. The first kappa shape index (κ1) is 8.49. The zero-order valence-corrected chi connectivity index (χ0v) is 6.67. The van der Waals surface area contributed by atoms with Gasteiger partial charge in [0.2, 0.25) is 0 Å². The fraction of sp³-hybridized carbons (Fsp3) is 0.857. The average Bonchev–Trinajstić information content (AvgIpc) is 2.05. The number of carbonyl (C=O) groups is 1. The lowest BCUT2D eigenvalue weighted by Gasteiger charge is -2.27. The number of rotatable bonds is 1. The Kier molecular flexibility index (Phi) is 2.84. The van der Waals surface area contributed by atoms with Gasteiger partial charge in [-0.05, 0) is 6.92 Å². The van der Waals surface area contributed by atoms with Crippen LogP contribution >= 0.6 is 0 Å². The van der Waals surface area contributed by atoms with Gasteiger partial charge < -0.3 is 10.2 Å². The van der Waals surface area contributed by atoms with E-state index in [4.69, 9.17) is 0 Å². The Hall–Kier alpha value is -0.610. The van der Waals surface area contributed by atoms with Crippen LogP contribution in [-0.4, -0.2) is 43.1 Å². The Labute approximate surface area is 66.2 Å². The summed E-state index contributed by atoms with van der Waals surface area (Å²) in [6, 6.07) is 0. The smallest absolute Gasteiger partial charge is 0.254 e. The number of hydrogen-bond donors (Lipinski definition) is 1. The number of piperazine rings is 1. The van der Waals surface area contributed by atoms with E-state index in [0.717, 1.165) is 13.1 Å². The molecule has 4 nitrogen and oxygen atoms in total. The van der Waals surface area contributed by atoms with Crippen molar-refractivity contribution in [3.8, 4) is 0 Å². The van der Waals surface area contributed by atoms with Gasteiger partial charge in [-0.2, -0.15) is 0 Å². The maximum Gasteiger partial charge on any atom is 0.254 e. The van der Waals surface area contributed by atoms with Crippen LogP contribution < -0.4 is 5.32 Å². The van der Waals surface area contributed by atoms with E-state index < -0.39 is 6.10 Å². The predicted molar refractivity (Wildman–Crippen MR) is 39.6 cm³/mol. The quantitative estimate of drug-likeness (QED) is 0.544. The molecule has 1 atom stereocenters. The second-order valence-corrected chi connectivity index (χ2v) is 2.72. The topological polar surface area (TPSA) is 52.2 Å². The first-order chi connectivity index (χ1) is 5.22. The van der Waals surface area contributed by atoms with Crippen LogP contribution in [0, 0.1) is 0 Å². The fourth-order valence-corrected chi connectivity index (χ4v) is 1.14. The van der Waals surface area contributed by atoms with Crippen molar-refractivity contribution < 1.29 is 9.90 Å². The average molecular weight is 157 g/mol. The van der Waals surface area contributed by atoms with Crippen LogP contribution in [0.25, 0.3) is 0 Å². The van der Waals surface area contributed by atoms with Crippen LogP contribution in [0.4, 0.5) is 0 Å². The summed E-state index contributed by atoms with van der Waals surface area (Å²) in [6.07, 6.45) is -1.10. The summed E-state index contributed by atoms with van der Waals surface area (Å²) in [6.45, 7) is 4.35.